The largest absolute Gasteiger partial charge is 0.508 e. The van der Waals surface area contributed by atoms with Gasteiger partial charge in [0, 0.05) is 11.1 Å². The van der Waals surface area contributed by atoms with Crippen LogP contribution in [0.5, 0.6) is 80.5 Å². The number of carbonyl (C=O) groups excluding carboxylic acids is 4. The molecule has 23 heteroatoms. The van der Waals surface area contributed by atoms with Crippen LogP contribution in [0.2, 0.25) is 0 Å². The fourth-order valence-corrected chi connectivity index (χ4v) is 6.54. The van der Waals surface area contributed by atoms with Crippen LogP contribution >= 0.6 is 0 Å². The first-order valence-electron chi connectivity index (χ1n) is 17.7. The summed E-state index contributed by atoms with van der Waals surface area (Å²) in [6.45, 7) is -1.08. The first-order chi connectivity index (χ1) is 29.7. The summed E-state index contributed by atoms with van der Waals surface area (Å²) in [5.41, 5.74) is -5.26. The van der Waals surface area contributed by atoms with Gasteiger partial charge in [0.05, 0.1) is 22.3 Å². The van der Waals surface area contributed by atoms with Gasteiger partial charge in [-0.3, -0.25) is 0 Å². The number of hydrogen-bond donors (Lipinski definition) is 13. The van der Waals surface area contributed by atoms with Gasteiger partial charge in [-0.15, -0.1) is 0 Å². The topological polar surface area (TPSA) is 387 Å². The molecule has 63 heavy (non-hydrogen) atoms. The summed E-state index contributed by atoms with van der Waals surface area (Å²) in [6.07, 6.45) is -10.8. The van der Waals surface area contributed by atoms with E-state index in [9.17, 15) is 85.6 Å². The predicted octanol–water partition coefficient (Wildman–Crippen LogP) is 2.48. The van der Waals surface area contributed by atoms with Crippen molar-refractivity contribution in [3.05, 3.63) is 82.9 Å². The molecule has 0 aromatic heterocycles. The van der Waals surface area contributed by atoms with Gasteiger partial charge in [0.25, 0.3) is 0 Å². The molecule has 328 valence electrons. The summed E-state index contributed by atoms with van der Waals surface area (Å²) in [4.78, 5) is 55.9. The van der Waals surface area contributed by atoms with Gasteiger partial charge in [-0.2, -0.15) is 0 Å². The molecule has 7 rings (SSSR count). The maximum Gasteiger partial charge on any atom is 0.339 e. The summed E-state index contributed by atoms with van der Waals surface area (Å²) in [5, 5.41) is 134. The Morgan fingerprint density at radius 3 is 1.43 bits per heavy atom. The summed E-state index contributed by atoms with van der Waals surface area (Å²) in [7, 11) is 0. The van der Waals surface area contributed by atoms with Crippen LogP contribution in [0.3, 0.4) is 0 Å². The quantitative estimate of drug-likeness (QED) is 0.0661. The molecule has 2 aliphatic heterocycles. The van der Waals surface area contributed by atoms with E-state index in [1.54, 1.807) is 0 Å². The Kier molecular flexibility index (Phi) is 10.7. The molecule has 1 saturated heterocycles. The molecule has 23 nitrogen and oxygen atoms in total. The second-order valence-electron chi connectivity index (χ2n) is 13.6. The predicted molar refractivity (Wildman–Crippen MR) is 200 cm³/mol. The fraction of sp³-hybridized carbons (Fsp3) is 0.150. The number of aromatic hydroxyl groups is 13. The Hall–Kier alpha value is -8.86. The lowest BCUT2D eigenvalue weighted by molar-refractivity contribution is -0.275. The first kappa shape index (κ1) is 42.3. The minimum Gasteiger partial charge on any atom is -0.508 e. The second-order valence-corrected chi connectivity index (χ2v) is 13.6. The third kappa shape index (κ3) is 7.72. The summed E-state index contributed by atoms with van der Waals surface area (Å²) in [6, 6.07) is 8.18. The smallest absolute Gasteiger partial charge is 0.339 e. The lowest BCUT2D eigenvalue weighted by Crippen LogP contribution is -2.63. The van der Waals surface area contributed by atoms with Crippen molar-refractivity contribution in [3.8, 4) is 91.6 Å². The number of esters is 4. The van der Waals surface area contributed by atoms with Crippen molar-refractivity contribution in [2.45, 2.75) is 30.7 Å². The molecule has 5 atom stereocenters. The van der Waals surface area contributed by atoms with E-state index in [4.69, 9.17) is 28.4 Å². The molecule has 0 aliphatic carbocycles. The van der Waals surface area contributed by atoms with E-state index in [0.717, 1.165) is 12.1 Å². The molecule has 0 saturated carbocycles. The van der Waals surface area contributed by atoms with Crippen molar-refractivity contribution in [1.82, 2.24) is 0 Å². The van der Waals surface area contributed by atoms with Crippen molar-refractivity contribution in [1.29, 1.82) is 0 Å². The van der Waals surface area contributed by atoms with Gasteiger partial charge in [-0.1, -0.05) is 0 Å². The summed E-state index contributed by atoms with van der Waals surface area (Å²) in [5.74, 6) is -20.6. The van der Waals surface area contributed by atoms with Crippen LogP contribution < -0.4 is 4.74 Å². The minimum atomic E-state index is -2.30. The van der Waals surface area contributed by atoms with Gasteiger partial charge >= 0.3 is 23.9 Å². The maximum absolute atomic E-state index is 14.4. The molecular weight excluding hydrogens is 848 g/mol. The number of hydrogen-bond acceptors (Lipinski definition) is 23. The van der Waals surface area contributed by atoms with Crippen LogP contribution in [0, 0.1) is 0 Å². The first-order valence-corrected chi connectivity index (χ1v) is 17.7. The molecule has 0 amide bonds. The lowest BCUT2D eigenvalue weighted by Gasteiger charge is -2.44. The Bertz CT molecular complexity index is 2660. The van der Waals surface area contributed by atoms with Crippen LogP contribution in [0.1, 0.15) is 41.4 Å². The zero-order valence-corrected chi connectivity index (χ0v) is 31.3. The number of carbonyl (C=O) groups is 4. The summed E-state index contributed by atoms with van der Waals surface area (Å²) >= 11 is 0. The SMILES string of the molecule is O=C(OC1C(Oc2ccc(O)cc2)OC2COC(=O)c3cc(O)c(O)c(O)c3-c3c(cc(O)c(O)c3O)C(=O)OC2C1OC(=O)c1cc(O)c(O)c(O)c1)c1cc(O)c(O)c(O)c1. The second kappa shape index (κ2) is 16.0. The van der Waals surface area contributed by atoms with Crippen LogP contribution in [-0.2, 0) is 23.7 Å². The van der Waals surface area contributed by atoms with Crippen molar-refractivity contribution < 1.29 is 114 Å². The molecule has 0 spiro atoms. The maximum atomic E-state index is 14.4. The number of benzene rings is 5. The highest BCUT2D eigenvalue weighted by Gasteiger charge is 2.55. The van der Waals surface area contributed by atoms with Crippen molar-refractivity contribution in [2.75, 3.05) is 6.61 Å². The molecule has 5 unspecified atom stereocenters. The number of ether oxygens (including phenoxy) is 6. The molecule has 0 bridgehead atoms. The fourth-order valence-electron chi connectivity index (χ4n) is 6.54. The molecule has 5 aromatic rings. The number of rotatable bonds is 6. The molecule has 2 heterocycles. The van der Waals surface area contributed by atoms with Gasteiger partial charge in [0.15, 0.2) is 69.7 Å². The molecule has 0 radical (unpaired) electrons. The van der Waals surface area contributed by atoms with Crippen LogP contribution in [0.25, 0.3) is 11.1 Å². The standard InChI is InChI=1S/C40H30O23/c41-14-1-3-15(4-2-14)59-40-35(63-37(55)13-7-20(44)28(49)21(45)8-13)34(62-36(54)12-5-18(42)27(48)19(43)6-12)33-24(60-40)11-58-38(56)16-9-22(46)29(50)31(52)25(16)26-17(39(57)61-33)10-23(47)30(51)32(26)53/h1-10,24,33-35,40-53H,11H2. The average Bonchev–Trinajstić information content (AvgIpc) is 3.25. The third-order valence-corrected chi connectivity index (χ3v) is 9.60. The van der Waals surface area contributed by atoms with Gasteiger partial charge in [-0.05, 0) is 60.7 Å². The highest BCUT2D eigenvalue weighted by Crippen LogP contribution is 2.53. The van der Waals surface area contributed by atoms with Crippen molar-refractivity contribution in [2.24, 2.45) is 0 Å². The molecule has 1 fully saturated rings. The van der Waals surface area contributed by atoms with E-state index in [1.165, 1.54) is 12.1 Å². The molecule has 5 aromatic carbocycles. The van der Waals surface area contributed by atoms with Gasteiger partial charge in [-0.25, -0.2) is 19.2 Å². The van der Waals surface area contributed by atoms with Gasteiger partial charge in [0.2, 0.25) is 23.9 Å². The third-order valence-electron chi connectivity index (χ3n) is 9.60. The minimum absolute atomic E-state index is 0.166. The Labute approximate surface area is 349 Å². The Morgan fingerprint density at radius 2 is 0.952 bits per heavy atom. The van der Waals surface area contributed by atoms with E-state index in [0.29, 0.717) is 36.4 Å². The van der Waals surface area contributed by atoms with Crippen LogP contribution in [0.15, 0.2) is 60.7 Å². The van der Waals surface area contributed by atoms with E-state index in [2.05, 4.69) is 0 Å². The normalized spacial score (nSPS) is 19.5. The monoisotopic (exact) mass is 878 g/mol. The number of phenols is 13. The van der Waals surface area contributed by atoms with E-state index in [-0.39, 0.29) is 11.5 Å². The van der Waals surface area contributed by atoms with Crippen molar-refractivity contribution >= 4 is 23.9 Å². The molecule has 13 N–H and O–H groups in total. The highest BCUT2D eigenvalue weighted by atomic mass is 16.7. The Morgan fingerprint density at radius 1 is 0.524 bits per heavy atom. The Balaban J connectivity index is 1.43. The van der Waals surface area contributed by atoms with E-state index < -0.39 is 164 Å². The molecular formula is C40H30O23. The lowest BCUT2D eigenvalue weighted by atomic mass is 9.92. The van der Waals surface area contributed by atoms with E-state index >= 15 is 0 Å². The van der Waals surface area contributed by atoms with Gasteiger partial charge < -0.3 is 94.8 Å². The van der Waals surface area contributed by atoms with Crippen LogP contribution in [-0.4, -0.2) is 128 Å². The van der Waals surface area contributed by atoms with Gasteiger partial charge in [0.1, 0.15) is 24.2 Å². The number of fused-ring (bicyclic) bond motifs is 4. The zero-order chi connectivity index (χ0) is 45.8. The van der Waals surface area contributed by atoms with Crippen molar-refractivity contribution in [3.63, 3.8) is 0 Å². The molecule has 2 aliphatic rings. The summed E-state index contributed by atoms with van der Waals surface area (Å²) < 4.78 is 34.5. The average molecular weight is 879 g/mol. The van der Waals surface area contributed by atoms with Crippen LogP contribution in [0.4, 0.5) is 0 Å². The zero-order valence-electron chi connectivity index (χ0n) is 31.3. The highest BCUT2D eigenvalue weighted by molar-refractivity contribution is 6.08. The van der Waals surface area contributed by atoms with E-state index in [1.807, 2.05) is 0 Å². The number of cyclic esters (lactones) is 1. The number of phenolic OH excluding ortho intramolecular Hbond substituents is 13.